The van der Waals surface area contributed by atoms with Gasteiger partial charge in [-0.15, -0.1) is 5.10 Å². The van der Waals surface area contributed by atoms with E-state index in [0.717, 1.165) is 44.7 Å². The van der Waals surface area contributed by atoms with Gasteiger partial charge in [-0.05, 0) is 45.2 Å². The van der Waals surface area contributed by atoms with E-state index in [9.17, 15) is 9.59 Å². The number of hydrogen-bond donors (Lipinski definition) is 2. The lowest BCUT2D eigenvalue weighted by Crippen LogP contribution is -2.45. The summed E-state index contributed by atoms with van der Waals surface area (Å²) < 4.78 is 0. The number of likely N-dealkylation sites (tertiary alicyclic amines) is 2. The average molecular weight is 332 g/mol. The first-order valence-corrected chi connectivity index (χ1v) is 8.86. The van der Waals surface area contributed by atoms with Crippen LogP contribution in [-0.2, 0) is 4.79 Å². The van der Waals surface area contributed by atoms with Crippen LogP contribution >= 0.6 is 0 Å². The number of hydrogen-bond acceptors (Lipinski definition) is 5. The van der Waals surface area contributed by atoms with Gasteiger partial charge in [0.2, 0.25) is 11.7 Å². The molecular weight excluding hydrogens is 308 g/mol. The van der Waals surface area contributed by atoms with Gasteiger partial charge < -0.3 is 10.2 Å². The summed E-state index contributed by atoms with van der Waals surface area (Å²) in [5.41, 5.74) is 0. The lowest BCUT2D eigenvalue weighted by molar-refractivity contribution is -0.133. The molecule has 3 aliphatic rings. The van der Waals surface area contributed by atoms with Gasteiger partial charge in [-0.1, -0.05) is 0 Å². The van der Waals surface area contributed by atoms with E-state index >= 15 is 0 Å². The first-order valence-electron chi connectivity index (χ1n) is 8.86. The fourth-order valence-corrected chi connectivity index (χ4v) is 3.93. The Bertz CT molecular complexity index is 632. The molecule has 1 aromatic heterocycles. The minimum absolute atomic E-state index is 0.0720. The molecule has 8 nitrogen and oxygen atoms in total. The molecule has 0 bridgehead atoms. The van der Waals surface area contributed by atoms with E-state index in [1.165, 1.54) is 12.8 Å². The zero-order valence-electron chi connectivity index (χ0n) is 14.0. The van der Waals surface area contributed by atoms with Crippen molar-refractivity contribution in [1.82, 2.24) is 30.3 Å². The molecule has 2 N–H and O–H groups in total. The highest BCUT2D eigenvalue weighted by atomic mass is 16.2. The zero-order valence-corrected chi connectivity index (χ0v) is 14.0. The smallest absolute Gasteiger partial charge is 0.290 e. The third kappa shape index (κ3) is 2.79. The molecule has 1 saturated carbocycles. The Hall–Kier alpha value is -1.96. The Morgan fingerprint density at radius 1 is 1.17 bits per heavy atom. The van der Waals surface area contributed by atoms with Crippen molar-refractivity contribution >= 4 is 11.8 Å². The molecule has 1 atom stereocenters. The molecule has 3 fully saturated rings. The van der Waals surface area contributed by atoms with E-state index < -0.39 is 0 Å². The summed E-state index contributed by atoms with van der Waals surface area (Å²) in [5.74, 6) is 1.32. The molecule has 130 valence electrons. The molecule has 1 aromatic rings. The molecule has 2 saturated heterocycles. The summed E-state index contributed by atoms with van der Waals surface area (Å²) in [4.78, 5) is 32.8. The van der Waals surface area contributed by atoms with Crippen molar-refractivity contribution < 1.29 is 9.59 Å². The molecule has 1 unspecified atom stereocenters. The van der Waals surface area contributed by atoms with Gasteiger partial charge in [-0.2, -0.15) is 0 Å². The maximum Gasteiger partial charge on any atom is 0.290 e. The van der Waals surface area contributed by atoms with Crippen molar-refractivity contribution in [1.29, 1.82) is 0 Å². The summed E-state index contributed by atoms with van der Waals surface area (Å²) in [5, 5.41) is 9.41. The second-order valence-corrected chi connectivity index (χ2v) is 7.00. The lowest BCUT2D eigenvalue weighted by Gasteiger charge is -2.34. The Balaban J connectivity index is 1.34. The van der Waals surface area contributed by atoms with Gasteiger partial charge in [0.05, 0.1) is 6.04 Å². The second kappa shape index (κ2) is 6.16. The number of carbonyl (C=O) groups is 2. The third-order valence-electron chi connectivity index (χ3n) is 5.49. The van der Waals surface area contributed by atoms with Crippen LogP contribution in [0.5, 0.6) is 0 Å². The van der Waals surface area contributed by atoms with Gasteiger partial charge in [0.25, 0.3) is 5.91 Å². The Morgan fingerprint density at radius 2 is 1.92 bits per heavy atom. The van der Waals surface area contributed by atoms with Crippen molar-refractivity contribution in [3.05, 3.63) is 11.6 Å². The lowest BCUT2D eigenvalue weighted by atomic mass is 9.95. The molecule has 24 heavy (non-hydrogen) atoms. The maximum absolute atomic E-state index is 12.6. The van der Waals surface area contributed by atoms with Gasteiger partial charge in [0.15, 0.2) is 0 Å². The Kier molecular flexibility index (Phi) is 3.99. The Labute approximate surface area is 141 Å². The minimum atomic E-state index is -0.272. The normalized spacial score (nSPS) is 26.1. The van der Waals surface area contributed by atoms with Crippen LogP contribution in [-0.4, -0.2) is 75.6 Å². The van der Waals surface area contributed by atoms with Gasteiger partial charge in [-0.25, -0.2) is 4.98 Å². The number of aromatic nitrogens is 3. The molecule has 2 aliphatic heterocycles. The first kappa shape index (κ1) is 15.6. The van der Waals surface area contributed by atoms with E-state index in [1.54, 1.807) is 7.05 Å². The molecule has 0 spiro atoms. The summed E-state index contributed by atoms with van der Waals surface area (Å²) in [6.07, 6.45) is 5.20. The number of nitrogens with zero attached hydrogens (tertiary/aromatic N) is 4. The zero-order chi connectivity index (χ0) is 16.7. The minimum Gasteiger partial charge on any atom is -0.352 e. The van der Waals surface area contributed by atoms with Crippen LogP contribution < -0.4 is 5.32 Å². The van der Waals surface area contributed by atoms with E-state index in [1.807, 2.05) is 0 Å². The van der Waals surface area contributed by atoms with Crippen LogP contribution in [0.2, 0.25) is 0 Å². The van der Waals surface area contributed by atoms with Crippen molar-refractivity contribution in [2.45, 2.75) is 50.1 Å². The summed E-state index contributed by atoms with van der Waals surface area (Å²) >= 11 is 0. The highest BCUT2D eigenvalue weighted by Crippen LogP contribution is 2.34. The number of rotatable bonds is 4. The van der Waals surface area contributed by atoms with Crippen molar-refractivity contribution in [3.8, 4) is 0 Å². The van der Waals surface area contributed by atoms with E-state index in [0.29, 0.717) is 11.9 Å². The fourth-order valence-electron chi connectivity index (χ4n) is 3.93. The van der Waals surface area contributed by atoms with Gasteiger partial charge >= 0.3 is 0 Å². The first-order chi connectivity index (χ1) is 11.7. The molecule has 0 aromatic carbocycles. The number of nitrogens with one attached hydrogen (secondary N) is 2. The largest absolute Gasteiger partial charge is 0.352 e. The molecule has 1 aliphatic carbocycles. The number of aromatic amines is 1. The Morgan fingerprint density at radius 3 is 2.58 bits per heavy atom. The standard InChI is InChI=1S/C16H24N6O2/c1-17-15(23)14-18-13(19-20-14)10-4-7-21(8-5-10)12-6-9-22(16(12)24)11-2-3-11/h10-12H,2-9H2,1H3,(H,17,23)(H,18,19,20). The SMILES string of the molecule is CNC(=O)c1n[nH]c(C2CCN(C3CCN(C4CC4)C3=O)CC2)n1. The number of amides is 2. The van der Waals surface area contributed by atoms with E-state index in [4.69, 9.17) is 0 Å². The number of carbonyl (C=O) groups excluding carboxylic acids is 2. The van der Waals surface area contributed by atoms with Crippen molar-refractivity contribution in [2.75, 3.05) is 26.7 Å². The average Bonchev–Trinajstić information content (AvgIpc) is 3.19. The summed E-state index contributed by atoms with van der Waals surface area (Å²) in [6, 6.07) is 0.597. The van der Waals surface area contributed by atoms with Crippen LogP contribution in [0.15, 0.2) is 0 Å². The van der Waals surface area contributed by atoms with Gasteiger partial charge in [0.1, 0.15) is 5.82 Å². The predicted octanol–water partition coefficient (Wildman–Crippen LogP) is 0.107. The van der Waals surface area contributed by atoms with Crippen LogP contribution in [0.25, 0.3) is 0 Å². The van der Waals surface area contributed by atoms with Crippen LogP contribution in [0.4, 0.5) is 0 Å². The second-order valence-electron chi connectivity index (χ2n) is 7.00. The number of H-pyrrole nitrogens is 1. The van der Waals surface area contributed by atoms with E-state index in [-0.39, 0.29) is 23.7 Å². The molecule has 3 heterocycles. The predicted molar refractivity (Wildman–Crippen MR) is 86.5 cm³/mol. The van der Waals surface area contributed by atoms with Crippen LogP contribution in [0.1, 0.15) is 54.5 Å². The molecule has 0 radical (unpaired) electrons. The van der Waals surface area contributed by atoms with Crippen LogP contribution in [0.3, 0.4) is 0 Å². The van der Waals surface area contributed by atoms with Crippen LogP contribution in [0, 0.1) is 0 Å². The molecule has 4 rings (SSSR count). The highest BCUT2D eigenvalue weighted by Gasteiger charge is 2.43. The number of piperidine rings is 1. The summed E-state index contributed by atoms with van der Waals surface area (Å²) in [6.45, 7) is 2.72. The van der Waals surface area contributed by atoms with Gasteiger partial charge in [-0.3, -0.25) is 19.6 Å². The third-order valence-corrected chi connectivity index (χ3v) is 5.49. The summed E-state index contributed by atoms with van der Waals surface area (Å²) in [7, 11) is 1.57. The molecule has 2 amide bonds. The fraction of sp³-hybridized carbons (Fsp3) is 0.750. The highest BCUT2D eigenvalue weighted by molar-refractivity contribution is 5.90. The van der Waals surface area contributed by atoms with Crippen molar-refractivity contribution in [2.24, 2.45) is 0 Å². The maximum atomic E-state index is 12.6. The molecular formula is C16H24N6O2. The van der Waals surface area contributed by atoms with Crippen molar-refractivity contribution in [3.63, 3.8) is 0 Å². The quantitative estimate of drug-likeness (QED) is 0.816. The van der Waals surface area contributed by atoms with E-state index in [2.05, 4.69) is 30.3 Å². The molecule has 8 heteroatoms. The monoisotopic (exact) mass is 332 g/mol. The topological polar surface area (TPSA) is 94.2 Å². The van der Waals surface area contributed by atoms with Gasteiger partial charge in [0, 0.05) is 25.6 Å².